The maximum Gasteiger partial charge on any atom is 0.121 e. The van der Waals surface area contributed by atoms with E-state index < -0.39 is 0 Å². The van der Waals surface area contributed by atoms with Crippen LogP contribution in [0.3, 0.4) is 0 Å². The largest absolute Gasteiger partial charge is 0.493 e. The third-order valence-electron chi connectivity index (χ3n) is 2.68. The number of benzene rings is 1. The zero-order valence-corrected chi connectivity index (χ0v) is 8.76. The summed E-state index contributed by atoms with van der Waals surface area (Å²) in [7, 11) is 0. The Balaban J connectivity index is 1.91. The van der Waals surface area contributed by atoms with Gasteiger partial charge in [0.25, 0.3) is 0 Å². The van der Waals surface area contributed by atoms with E-state index in [2.05, 4.69) is 0 Å². The van der Waals surface area contributed by atoms with E-state index in [1.807, 2.05) is 6.07 Å². The molecule has 0 radical (unpaired) electrons. The molecule has 2 rings (SSSR count). The minimum atomic E-state index is 0.581. The van der Waals surface area contributed by atoms with Gasteiger partial charge < -0.3 is 10.5 Å². The predicted octanol–water partition coefficient (Wildman–Crippen LogP) is 3.10. The average molecular weight is 212 g/mol. The molecule has 0 amide bonds. The maximum atomic E-state index is 5.80. The second-order valence-electron chi connectivity index (χ2n) is 3.79. The van der Waals surface area contributed by atoms with E-state index in [1.54, 1.807) is 12.1 Å². The first-order valence-corrected chi connectivity index (χ1v) is 5.31. The van der Waals surface area contributed by atoms with Crippen molar-refractivity contribution in [2.75, 3.05) is 12.3 Å². The Morgan fingerprint density at radius 1 is 1.43 bits per heavy atom. The van der Waals surface area contributed by atoms with E-state index in [0.29, 0.717) is 10.7 Å². The first-order valence-electron chi connectivity index (χ1n) is 4.93. The Kier molecular flexibility index (Phi) is 2.82. The zero-order chi connectivity index (χ0) is 9.97. The fourth-order valence-electron chi connectivity index (χ4n) is 1.49. The van der Waals surface area contributed by atoms with Gasteiger partial charge in [0.2, 0.25) is 0 Å². The van der Waals surface area contributed by atoms with Crippen LogP contribution in [0.4, 0.5) is 5.69 Å². The number of anilines is 1. The summed E-state index contributed by atoms with van der Waals surface area (Å²) in [5.41, 5.74) is 6.24. The minimum Gasteiger partial charge on any atom is -0.493 e. The van der Waals surface area contributed by atoms with Crippen LogP contribution in [0.1, 0.15) is 19.3 Å². The number of hydrogen-bond donors (Lipinski definition) is 1. The topological polar surface area (TPSA) is 35.2 Å². The van der Waals surface area contributed by atoms with Crippen LogP contribution in [0.25, 0.3) is 0 Å². The van der Waals surface area contributed by atoms with Crippen LogP contribution in [0.15, 0.2) is 18.2 Å². The molecule has 0 unspecified atom stereocenters. The number of ether oxygens (including phenoxy) is 1. The molecule has 2 N–H and O–H groups in total. The van der Waals surface area contributed by atoms with Gasteiger partial charge in [0.1, 0.15) is 5.75 Å². The van der Waals surface area contributed by atoms with Crippen molar-refractivity contribution in [3.63, 3.8) is 0 Å². The standard InChI is InChI=1S/C11H14ClNO/c12-10-5-4-9(6-11(10)13)14-7-8-2-1-3-8/h4-6,8H,1-3,7,13H2. The van der Waals surface area contributed by atoms with Crippen molar-refractivity contribution >= 4 is 17.3 Å². The SMILES string of the molecule is Nc1cc(OCC2CCC2)ccc1Cl. The van der Waals surface area contributed by atoms with E-state index in [-0.39, 0.29) is 0 Å². The Hall–Kier alpha value is -0.890. The summed E-state index contributed by atoms with van der Waals surface area (Å²) in [6.45, 7) is 0.807. The highest BCUT2D eigenvalue weighted by Crippen LogP contribution is 2.28. The van der Waals surface area contributed by atoms with Crippen LogP contribution in [-0.4, -0.2) is 6.61 Å². The van der Waals surface area contributed by atoms with Crippen molar-refractivity contribution in [1.82, 2.24) is 0 Å². The number of nitrogens with two attached hydrogens (primary N) is 1. The first kappa shape index (κ1) is 9.66. The van der Waals surface area contributed by atoms with Crippen LogP contribution in [-0.2, 0) is 0 Å². The highest BCUT2D eigenvalue weighted by Gasteiger charge is 2.17. The van der Waals surface area contributed by atoms with Gasteiger partial charge in [0.05, 0.1) is 17.3 Å². The van der Waals surface area contributed by atoms with Crippen LogP contribution >= 0.6 is 11.6 Å². The lowest BCUT2D eigenvalue weighted by Gasteiger charge is -2.25. The summed E-state index contributed by atoms with van der Waals surface area (Å²) in [6.07, 6.45) is 3.93. The lowest BCUT2D eigenvalue weighted by Crippen LogP contribution is -2.19. The number of halogens is 1. The minimum absolute atomic E-state index is 0.581. The summed E-state index contributed by atoms with van der Waals surface area (Å²) in [6, 6.07) is 5.41. The van der Waals surface area contributed by atoms with Gasteiger partial charge in [-0.05, 0) is 30.9 Å². The second kappa shape index (κ2) is 4.09. The highest BCUT2D eigenvalue weighted by atomic mass is 35.5. The maximum absolute atomic E-state index is 5.80. The summed E-state index contributed by atoms with van der Waals surface area (Å²) in [5.74, 6) is 1.56. The fraction of sp³-hybridized carbons (Fsp3) is 0.455. The molecule has 1 aliphatic carbocycles. The molecule has 1 aliphatic rings. The van der Waals surface area contributed by atoms with E-state index in [4.69, 9.17) is 22.1 Å². The normalized spacial score (nSPS) is 16.4. The molecule has 14 heavy (non-hydrogen) atoms. The van der Waals surface area contributed by atoms with Crippen LogP contribution in [0.2, 0.25) is 5.02 Å². The zero-order valence-electron chi connectivity index (χ0n) is 8.00. The Bertz CT molecular complexity index is 323. The van der Waals surface area contributed by atoms with E-state index in [9.17, 15) is 0 Å². The lowest BCUT2D eigenvalue weighted by atomic mass is 9.86. The van der Waals surface area contributed by atoms with Gasteiger partial charge in [-0.3, -0.25) is 0 Å². The molecule has 1 fully saturated rings. The molecule has 1 aromatic carbocycles. The van der Waals surface area contributed by atoms with Crippen LogP contribution < -0.4 is 10.5 Å². The first-order chi connectivity index (χ1) is 6.75. The fourth-order valence-corrected chi connectivity index (χ4v) is 1.60. The van der Waals surface area contributed by atoms with Gasteiger partial charge in [-0.2, -0.15) is 0 Å². The molecule has 0 spiro atoms. The molecular formula is C11H14ClNO. The van der Waals surface area contributed by atoms with Gasteiger partial charge in [-0.1, -0.05) is 18.0 Å². The van der Waals surface area contributed by atoms with Gasteiger partial charge in [-0.15, -0.1) is 0 Å². The number of nitrogen functional groups attached to an aromatic ring is 1. The van der Waals surface area contributed by atoms with E-state index in [1.165, 1.54) is 19.3 Å². The Labute approximate surface area is 89.0 Å². The quantitative estimate of drug-likeness (QED) is 0.780. The van der Waals surface area contributed by atoms with Crippen molar-refractivity contribution in [3.8, 4) is 5.75 Å². The summed E-state index contributed by atoms with van der Waals surface area (Å²) in [4.78, 5) is 0. The van der Waals surface area contributed by atoms with Gasteiger partial charge >= 0.3 is 0 Å². The van der Waals surface area contributed by atoms with Crippen molar-refractivity contribution < 1.29 is 4.74 Å². The highest BCUT2D eigenvalue weighted by molar-refractivity contribution is 6.33. The van der Waals surface area contributed by atoms with Gasteiger partial charge in [0, 0.05) is 6.07 Å². The molecule has 76 valence electrons. The van der Waals surface area contributed by atoms with E-state index >= 15 is 0 Å². The van der Waals surface area contributed by atoms with Crippen LogP contribution in [0, 0.1) is 5.92 Å². The molecule has 3 heteroatoms. The number of hydrogen-bond acceptors (Lipinski definition) is 2. The molecule has 0 aromatic heterocycles. The monoisotopic (exact) mass is 211 g/mol. The summed E-state index contributed by atoms with van der Waals surface area (Å²) < 4.78 is 5.61. The third-order valence-corrected chi connectivity index (χ3v) is 3.02. The predicted molar refractivity (Wildman–Crippen MR) is 58.7 cm³/mol. The summed E-state index contributed by atoms with van der Waals surface area (Å²) in [5, 5.41) is 0.584. The molecule has 1 aromatic rings. The Morgan fingerprint density at radius 3 is 2.79 bits per heavy atom. The molecule has 0 saturated heterocycles. The summed E-state index contributed by atoms with van der Waals surface area (Å²) >= 11 is 5.80. The molecule has 0 aliphatic heterocycles. The van der Waals surface area contributed by atoms with Crippen molar-refractivity contribution in [1.29, 1.82) is 0 Å². The molecule has 2 nitrogen and oxygen atoms in total. The lowest BCUT2D eigenvalue weighted by molar-refractivity contribution is 0.180. The van der Waals surface area contributed by atoms with Crippen molar-refractivity contribution in [2.45, 2.75) is 19.3 Å². The molecule has 0 bridgehead atoms. The second-order valence-corrected chi connectivity index (χ2v) is 4.20. The molecule has 0 atom stereocenters. The van der Waals surface area contributed by atoms with E-state index in [0.717, 1.165) is 18.3 Å². The molecule has 0 heterocycles. The average Bonchev–Trinajstić information content (AvgIpc) is 2.08. The number of rotatable bonds is 3. The van der Waals surface area contributed by atoms with Crippen LogP contribution in [0.5, 0.6) is 5.75 Å². The van der Waals surface area contributed by atoms with Gasteiger partial charge in [0.15, 0.2) is 0 Å². The Morgan fingerprint density at radius 2 is 2.21 bits per heavy atom. The smallest absolute Gasteiger partial charge is 0.121 e. The van der Waals surface area contributed by atoms with Crippen molar-refractivity contribution in [3.05, 3.63) is 23.2 Å². The molecule has 1 saturated carbocycles. The third kappa shape index (κ3) is 2.13. The molecular weight excluding hydrogens is 198 g/mol. The van der Waals surface area contributed by atoms with Crippen molar-refractivity contribution in [2.24, 2.45) is 5.92 Å². The van der Waals surface area contributed by atoms with Gasteiger partial charge in [-0.25, -0.2) is 0 Å².